The predicted octanol–water partition coefficient (Wildman–Crippen LogP) is 1.19. The van der Waals surface area contributed by atoms with Gasteiger partial charge in [0.25, 0.3) is 0 Å². The van der Waals surface area contributed by atoms with E-state index in [2.05, 4.69) is 9.97 Å². The third-order valence-electron chi connectivity index (χ3n) is 3.62. The Hall–Kier alpha value is -3.28. The molecule has 0 spiro atoms. The van der Waals surface area contributed by atoms with Crippen molar-refractivity contribution in [3.8, 4) is 0 Å². The summed E-state index contributed by atoms with van der Waals surface area (Å²) >= 11 is 0. The molecule has 0 saturated heterocycles. The van der Waals surface area contributed by atoms with Crippen molar-refractivity contribution in [2.24, 2.45) is 0 Å². The standard InChI is InChI=1S/2C10H7NO2.Fe/c2*12-10(13)9-6-5-7-3-1-2-4-8(7)11-9;/h2*1-6H,(H,12,13);/q;;+2/p-2. The maximum absolute atomic E-state index is 10.5. The van der Waals surface area contributed by atoms with Crippen molar-refractivity contribution in [3.05, 3.63) is 84.2 Å². The molecule has 2 aromatic heterocycles. The Labute approximate surface area is 165 Å². The summed E-state index contributed by atoms with van der Waals surface area (Å²) in [6.07, 6.45) is 0. The van der Waals surface area contributed by atoms with Crippen molar-refractivity contribution in [3.63, 3.8) is 0 Å². The van der Waals surface area contributed by atoms with Crippen LogP contribution < -0.4 is 10.2 Å². The zero-order chi connectivity index (χ0) is 18.5. The van der Waals surface area contributed by atoms with E-state index in [0.717, 1.165) is 10.8 Å². The van der Waals surface area contributed by atoms with Crippen LogP contribution in [0.5, 0.6) is 0 Å². The molecule has 0 unspecified atom stereocenters. The number of aromatic nitrogens is 2. The molecule has 0 aliphatic rings. The molecule has 0 aliphatic carbocycles. The number of fused-ring (bicyclic) bond motifs is 2. The number of para-hydroxylation sites is 2. The van der Waals surface area contributed by atoms with Crippen LogP contribution in [0.4, 0.5) is 0 Å². The summed E-state index contributed by atoms with van der Waals surface area (Å²) in [5.74, 6) is -2.49. The number of nitrogens with zero attached hydrogens (tertiary/aromatic N) is 2. The Morgan fingerprint density at radius 1 is 0.593 bits per heavy atom. The van der Waals surface area contributed by atoms with Crippen molar-refractivity contribution >= 4 is 33.7 Å². The fourth-order valence-corrected chi connectivity index (χ4v) is 2.36. The first kappa shape index (κ1) is 20.0. The van der Waals surface area contributed by atoms with E-state index >= 15 is 0 Å². The van der Waals surface area contributed by atoms with Gasteiger partial charge in [0.15, 0.2) is 0 Å². The molecule has 0 aliphatic heterocycles. The summed E-state index contributed by atoms with van der Waals surface area (Å²) in [6.45, 7) is 0. The minimum atomic E-state index is -1.24. The normalized spacial score (nSPS) is 9.78. The van der Waals surface area contributed by atoms with Gasteiger partial charge in [-0.05, 0) is 24.3 Å². The molecule has 7 heteroatoms. The minimum Gasteiger partial charge on any atom is -0.543 e. The molecule has 4 rings (SSSR count). The van der Waals surface area contributed by atoms with Gasteiger partial charge in [0.2, 0.25) is 0 Å². The van der Waals surface area contributed by atoms with Crippen LogP contribution in [-0.2, 0) is 17.1 Å². The van der Waals surface area contributed by atoms with Crippen LogP contribution in [0.2, 0.25) is 0 Å². The van der Waals surface area contributed by atoms with Gasteiger partial charge in [0, 0.05) is 10.8 Å². The van der Waals surface area contributed by atoms with Gasteiger partial charge in [-0.2, -0.15) is 0 Å². The van der Waals surface area contributed by atoms with E-state index < -0.39 is 11.9 Å². The van der Waals surface area contributed by atoms with E-state index in [1.54, 1.807) is 24.3 Å². The number of carbonyl (C=O) groups excluding carboxylic acids is 2. The molecule has 0 bridgehead atoms. The molecule has 0 atom stereocenters. The summed E-state index contributed by atoms with van der Waals surface area (Å²) in [5.41, 5.74) is 1.28. The summed E-state index contributed by atoms with van der Waals surface area (Å²) < 4.78 is 0. The molecule has 0 radical (unpaired) electrons. The molecule has 2 aromatic carbocycles. The molecule has 134 valence electrons. The number of aromatic carboxylic acids is 2. The molecule has 2 heterocycles. The van der Waals surface area contributed by atoms with Gasteiger partial charge in [-0.15, -0.1) is 0 Å². The van der Waals surface area contributed by atoms with Gasteiger partial charge in [-0.25, -0.2) is 9.97 Å². The summed E-state index contributed by atoms with van der Waals surface area (Å²) in [5, 5.41) is 22.8. The Morgan fingerprint density at radius 3 is 1.33 bits per heavy atom. The first-order valence-electron chi connectivity index (χ1n) is 7.69. The minimum absolute atomic E-state index is 0. The average molecular weight is 400 g/mol. The summed E-state index contributed by atoms with van der Waals surface area (Å²) in [6, 6.07) is 21.0. The Bertz CT molecular complexity index is 1030. The first-order valence-corrected chi connectivity index (χ1v) is 7.69. The Balaban J connectivity index is 0.000000187. The number of hydrogen-bond donors (Lipinski definition) is 0. The second kappa shape index (κ2) is 8.89. The zero-order valence-electron chi connectivity index (χ0n) is 13.8. The topological polar surface area (TPSA) is 106 Å². The van der Waals surface area contributed by atoms with Gasteiger partial charge < -0.3 is 19.8 Å². The van der Waals surface area contributed by atoms with Crippen LogP contribution in [0.15, 0.2) is 72.8 Å². The largest absolute Gasteiger partial charge is 2.00 e. The molecular formula is C20H12FeN2O4. The van der Waals surface area contributed by atoms with E-state index in [0.29, 0.717) is 11.0 Å². The molecule has 0 fully saturated rings. The number of carboxylic acid groups (broad SMARTS) is 2. The van der Waals surface area contributed by atoms with Crippen LogP contribution in [0, 0.1) is 0 Å². The first-order chi connectivity index (χ1) is 12.5. The van der Waals surface area contributed by atoms with Gasteiger partial charge in [0.1, 0.15) is 0 Å². The molecule has 0 saturated carbocycles. The second-order valence-electron chi connectivity index (χ2n) is 5.35. The molecular weight excluding hydrogens is 388 g/mol. The maximum atomic E-state index is 10.5. The third kappa shape index (κ3) is 4.88. The van der Waals surface area contributed by atoms with Crippen molar-refractivity contribution in [2.75, 3.05) is 0 Å². The molecule has 4 aromatic rings. The number of rotatable bonds is 2. The van der Waals surface area contributed by atoms with E-state index in [1.165, 1.54) is 12.1 Å². The van der Waals surface area contributed by atoms with Gasteiger partial charge in [0.05, 0.1) is 34.4 Å². The number of carboxylic acids is 2. The predicted molar refractivity (Wildman–Crippen MR) is 92.1 cm³/mol. The van der Waals surface area contributed by atoms with Crippen LogP contribution in [-0.4, -0.2) is 21.9 Å². The monoisotopic (exact) mass is 400 g/mol. The number of pyridine rings is 2. The van der Waals surface area contributed by atoms with Crippen LogP contribution in [0.25, 0.3) is 21.8 Å². The second-order valence-corrected chi connectivity index (χ2v) is 5.35. The fourth-order valence-electron chi connectivity index (χ4n) is 2.36. The Kier molecular flexibility index (Phi) is 6.60. The SMILES string of the molecule is O=C([O-])c1ccc2ccccc2n1.O=C([O-])c1ccc2ccccc2n1.[Fe+2]. The molecule has 27 heavy (non-hydrogen) atoms. The molecule has 6 nitrogen and oxygen atoms in total. The molecule has 0 amide bonds. The van der Waals surface area contributed by atoms with E-state index in [1.807, 2.05) is 36.4 Å². The van der Waals surface area contributed by atoms with Gasteiger partial charge in [-0.1, -0.05) is 48.5 Å². The molecule has 0 N–H and O–H groups in total. The summed E-state index contributed by atoms with van der Waals surface area (Å²) in [7, 11) is 0. The van der Waals surface area contributed by atoms with Crippen LogP contribution in [0.1, 0.15) is 21.0 Å². The van der Waals surface area contributed by atoms with Gasteiger partial charge >= 0.3 is 17.1 Å². The van der Waals surface area contributed by atoms with Crippen molar-refractivity contribution in [1.29, 1.82) is 0 Å². The van der Waals surface area contributed by atoms with Crippen LogP contribution in [0.3, 0.4) is 0 Å². The zero-order valence-corrected chi connectivity index (χ0v) is 14.9. The van der Waals surface area contributed by atoms with E-state index in [-0.39, 0.29) is 28.5 Å². The van der Waals surface area contributed by atoms with Crippen molar-refractivity contribution in [1.82, 2.24) is 9.97 Å². The Morgan fingerprint density at radius 2 is 0.963 bits per heavy atom. The van der Waals surface area contributed by atoms with Crippen molar-refractivity contribution < 1.29 is 36.9 Å². The fraction of sp³-hybridized carbons (Fsp3) is 0. The number of carbonyl (C=O) groups is 2. The summed E-state index contributed by atoms with van der Waals surface area (Å²) in [4.78, 5) is 28.8. The number of hydrogen-bond acceptors (Lipinski definition) is 6. The van der Waals surface area contributed by atoms with Gasteiger partial charge in [-0.3, -0.25) is 0 Å². The third-order valence-corrected chi connectivity index (χ3v) is 3.62. The smallest absolute Gasteiger partial charge is 0.543 e. The van der Waals surface area contributed by atoms with Crippen LogP contribution >= 0.6 is 0 Å². The van der Waals surface area contributed by atoms with E-state index in [4.69, 9.17) is 0 Å². The van der Waals surface area contributed by atoms with Crippen molar-refractivity contribution in [2.45, 2.75) is 0 Å². The average Bonchev–Trinajstić information content (AvgIpc) is 2.67. The van der Waals surface area contributed by atoms with E-state index in [9.17, 15) is 19.8 Å². The quantitative estimate of drug-likeness (QED) is 0.468. The number of benzene rings is 2. The maximum Gasteiger partial charge on any atom is 2.00 e.